The average Bonchev–Trinajstić information content (AvgIpc) is 2.77. The van der Waals surface area contributed by atoms with Crippen LogP contribution in [0.5, 0.6) is 0 Å². The average molecular weight is 1080 g/mol. The molecule has 0 saturated carbocycles. The van der Waals surface area contributed by atoms with E-state index in [4.69, 9.17) is 0 Å². The molecule has 39 heavy (non-hydrogen) atoms. The second kappa shape index (κ2) is 77.1. The molecule has 0 N–H and O–H groups in total. The molecule has 0 radical (unpaired) electrons. The third-order valence-electron chi connectivity index (χ3n) is 4.00. The van der Waals surface area contributed by atoms with Crippen LogP contribution in [0.1, 0.15) is 118 Å². The Morgan fingerprint density at radius 2 is 0.385 bits per heavy atom. The second-order valence-electron chi connectivity index (χ2n) is 7.29. The maximum absolute atomic E-state index is 3.49. The van der Waals surface area contributed by atoms with Crippen molar-refractivity contribution >= 4 is 0 Å². The fraction of sp³-hybridized carbons (Fsp3) is 0.500. The first kappa shape index (κ1) is 62.9. The molecule has 0 nitrogen and oxygen atoms in total. The molecule has 0 amide bonds. The molecule has 240 valence electrons. The van der Waals surface area contributed by atoms with Crippen molar-refractivity contribution in [2.45, 2.75) is 118 Å². The molecule has 3 rings (SSSR count). The molecule has 0 spiro atoms. The van der Waals surface area contributed by atoms with Crippen LogP contribution in [0.15, 0.2) is 72.9 Å². The Bertz CT molecular complexity index is 325. The molecule has 3 heteroatoms. The summed E-state index contributed by atoms with van der Waals surface area (Å²) >= 11 is 0. The Balaban J connectivity index is -0.0000000403. The summed E-state index contributed by atoms with van der Waals surface area (Å²) in [6.07, 6.45) is 44.0. The molecular formula is C36H66Pt3. The molecule has 0 saturated heterocycles. The van der Waals surface area contributed by atoms with Crippen molar-refractivity contribution in [3.63, 3.8) is 0 Å². The Morgan fingerprint density at radius 3 is 0.436 bits per heavy atom. The minimum absolute atomic E-state index is 0. The van der Waals surface area contributed by atoms with E-state index in [0.717, 1.165) is 12.8 Å². The first-order valence-electron chi connectivity index (χ1n) is 13.7. The quantitative estimate of drug-likeness (QED) is 0.168. The molecule has 0 aromatic heterocycles. The Labute approximate surface area is 294 Å². The second-order valence-corrected chi connectivity index (χ2v) is 7.29. The van der Waals surface area contributed by atoms with E-state index >= 15 is 0 Å². The van der Waals surface area contributed by atoms with Gasteiger partial charge in [0.05, 0.1) is 0 Å². The molecule has 0 aromatic carbocycles. The molecule has 0 fully saturated rings. The number of hydrogen-bond acceptors (Lipinski definition) is 0. The van der Waals surface area contributed by atoms with Crippen LogP contribution < -0.4 is 0 Å². The van der Waals surface area contributed by atoms with Crippen LogP contribution in [-0.2, 0) is 63.2 Å². The van der Waals surface area contributed by atoms with Crippen molar-refractivity contribution in [1.82, 2.24) is 0 Å². The molecule has 3 aliphatic rings. The van der Waals surface area contributed by atoms with E-state index in [1.807, 2.05) is 13.8 Å². The molecule has 0 unspecified atom stereocenters. The molecular weight excluding hydrogens is 1020 g/mol. The monoisotopic (exact) mass is 1080 g/mol. The largest absolute Gasteiger partial charge is 2.00 e. The molecule has 0 bridgehead atoms. The van der Waals surface area contributed by atoms with E-state index < -0.39 is 0 Å². The minimum atomic E-state index is 0. The number of rotatable bonds is 0. The van der Waals surface area contributed by atoms with Crippen LogP contribution in [0.3, 0.4) is 0 Å². The molecule has 0 aliphatic heterocycles. The predicted molar refractivity (Wildman–Crippen MR) is 176 cm³/mol. The van der Waals surface area contributed by atoms with Gasteiger partial charge in [0.25, 0.3) is 0 Å². The SMILES string of the molecule is C1=CCC/C=C\CC1.C1=CCC/C=C\CC1.C1=CCC/C=C\CC1.[CH2-]C.[CH2-]C.[CH2-]CC.[CH2-]CC.[CH3-].[CH3-].[Pt+2].[Pt+2].[Pt+2]. The van der Waals surface area contributed by atoms with Gasteiger partial charge in [-0.2, -0.15) is 26.7 Å². The molecule has 0 atom stereocenters. The van der Waals surface area contributed by atoms with Crippen LogP contribution in [0.25, 0.3) is 0 Å². The summed E-state index contributed by atoms with van der Waals surface area (Å²) < 4.78 is 0. The van der Waals surface area contributed by atoms with Gasteiger partial charge in [0.1, 0.15) is 0 Å². The summed E-state index contributed by atoms with van der Waals surface area (Å²) in [7, 11) is 0. The van der Waals surface area contributed by atoms with E-state index in [9.17, 15) is 0 Å². The van der Waals surface area contributed by atoms with Gasteiger partial charge in [-0.1, -0.05) is 86.8 Å². The molecule has 0 aromatic rings. The summed E-state index contributed by atoms with van der Waals surface area (Å²) in [4.78, 5) is 0. The zero-order valence-electron chi connectivity index (χ0n) is 26.6. The van der Waals surface area contributed by atoms with E-state index in [-0.39, 0.29) is 78.0 Å². The molecule has 0 heterocycles. The van der Waals surface area contributed by atoms with Gasteiger partial charge in [-0.25, -0.2) is 0 Å². The normalized spacial score (nSPS) is 16.0. The van der Waals surface area contributed by atoms with E-state index in [0.29, 0.717) is 0 Å². The van der Waals surface area contributed by atoms with Crippen LogP contribution >= 0.6 is 0 Å². The van der Waals surface area contributed by atoms with Gasteiger partial charge < -0.3 is 42.5 Å². The van der Waals surface area contributed by atoms with Gasteiger partial charge in [-0.05, 0) is 77.0 Å². The van der Waals surface area contributed by atoms with Gasteiger partial charge in [0.2, 0.25) is 0 Å². The van der Waals surface area contributed by atoms with Gasteiger partial charge in [-0.3, -0.25) is 0 Å². The topological polar surface area (TPSA) is 0 Å². The van der Waals surface area contributed by atoms with E-state index in [1.54, 1.807) is 13.8 Å². The minimum Gasteiger partial charge on any atom is -0.358 e. The maximum atomic E-state index is 3.49. The van der Waals surface area contributed by atoms with Crippen LogP contribution in [0.4, 0.5) is 0 Å². The standard InChI is InChI=1S/3C8H12.2C3H7.2C2H5.2CH3.3Pt/c3*1-2-4-6-8-7-5-3-1;2*1-3-2;2*1-2;;;;;/h3*1-2,7-8H,3-6H2;2*1,3H2,2H3;2*1H2,2H3;2*1H3;;;/q;;;6*-1;3*+2/b3*2-1-,8-7?;;;;;;;;;. The van der Waals surface area contributed by atoms with Gasteiger partial charge in [0, 0.05) is 0 Å². The van der Waals surface area contributed by atoms with Crippen molar-refractivity contribution in [3.8, 4) is 0 Å². The zero-order valence-corrected chi connectivity index (χ0v) is 33.4. The van der Waals surface area contributed by atoms with Crippen molar-refractivity contribution in [2.75, 3.05) is 0 Å². The maximum Gasteiger partial charge on any atom is 2.00 e. The predicted octanol–water partition coefficient (Wildman–Crippen LogP) is 13.1. The summed E-state index contributed by atoms with van der Waals surface area (Å²) in [5.74, 6) is 0. The summed E-state index contributed by atoms with van der Waals surface area (Å²) in [5, 5.41) is 0. The fourth-order valence-electron chi connectivity index (χ4n) is 2.57. The van der Waals surface area contributed by atoms with Crippen molar-refractivity contribution in [1.29, 1.82) is 0 Å². The Kier molecular flexibility index (Phi) is 124. The van der Waals surface area contributed by atoms with Gasteiger partial charge in [0.15, 0.2) is 0 Å². The fourth-order valence-corrected chi connectivity index (χ4v) is 2.57. The van der Waals surface area contributed by atoms with Crippen LogP contribution in [-0.4, -0.2) is 0 Å². The zero-order chi connectivity index (χ0) is 26.4. The Morgan fingerprint density at radius 1 is 0.333 bits per heavy atom. The smallest absolute Gasteiger partial charge is 0.358 e. The third kappa shape index (κ3) is 85.5. The van der Waals surface area contributed by atoms with E-state index in [2.05, 4.69) is 101 Å². The first-order valence-corrected chi connectivity index (χ1v) is 13.7. The number of hydrogen-bond donors (Lipinski definition) is 0. The molecule has 3 aliphatic carbocycles. The van der Waals surface area contributed by atoms with Crippen molar-refractivity contribution in [2.24, 2.45) is 0 Å². The Hall–Kier alpha value is 0.505. The van der Waals surface area contributed by atoms with E-state index in [1.165, 1.54) is 77.0 Å². The summed E-state index contributed by atoms with van der Waals surface area (Å²) in [5.41, 5.74) is 0. The van der Waals surface area contributed by atoms with Crippen LogP contribution in [0.2, 0.25) is 0 Å². The first-order chi connectivity index (χ1) is 16.8. The van der Waals surface area contributed by atoms with Crippen molar-refractivity contribution in [3.05, 3.63) is 115 Å². The summed E-state index contributed by atoms with van der Waals surface area (Å²) in [6.45, 7) is 21.0. The van der Waals surface area contributed by atoms with Crippen molar-refractivity contribution < 1.29 is 63.2 Å². The van der Waals surface area contributed by atoms with Gasteiger partial charge >= 0.3 is 63.2 Å². The third-order valence-corrected chi connectivity index (χ3v) is 4.00. The van der Waals surface area contributed by atoms with Gasteiger partial charge in [-0.15, -0.1) is 0 Å². The summed E-state index contributed by atoms with van der Waals surface area (Å²) in [6, 6.07) is 0. The van der Waals surface area contributed by atoms with Crippen LogP contribution in [0, 0.1) is 42.5 Å². The number of allylic oxidation sites excluding steroid dienone is 12.